The average molecular weight is 329 g/mol. The minimum atomic E-state index is 0.587. The van der Waals surface area contributed by atoms with Crippen LogP contribution in [0.15, 0.2) is 11.6 Å². The Morgan fingerprint density at radius 1 is 1.00 bits per heavy atom. The van der Waals surface area contributed by atoms with Crippen LogP contribution >= 0.6 is 0 Å². The molecule has 0 aromatic carbocycles. The summed E-state index contributed by atoms with van der Waals surface area (Å²) in [5.41, 5.74) is 2.46. The van der Waals surface area contributed by atoms with Crippen molar-refractivity contribution >= 4 is 0 Å². The van der Waals surface area contributed by atoms with Crippen molar-refractivity contribution < 1.29 is 4.74 Å². The molecule has 5 aliphatic carbocycles. The van der Waals surface area contributed by atoms with Gasteiger partial charge in [-0.25, -0.2) is 0 Å². The lowest BCUT2D eigenvalue weighted by atomic mass is 9.49. The standard InChI is InChI=1S/C23H36O/c1-4-21-19-12-20(19)22-18-8-6-15-11-14(13-24-3)5-7-16(15)17(18)9-10-23(21,22)2/h4,14-20,22H,5-13H2,1-3H3/b21-4-. The zero-order valence-electron chi connectivity index (χ0n) is 16.0. The third-order valence-corrected chi connectivity index (χ3v) is 9.39. The molecule has 0 amide bonds. The van der Waals surface area contributed by atoms with Crippen LogP contribution < -0.4 is 0 Å². The number of rotatable bonds is 2. The molecule has 5 fully saturated rings. The molecule has 0 aliphatic heterocycles. The second-order valence-electron chi connectivity index (χ2n) is 10.2. The van der Waals surface area contributed by atoms with Crippen LogP contribution in [0.1, 0.15) is 65.2 Å². The molecule has 0 saturated heterocycles. The lowest BCUT2D eigenvalue weighted by Crippen LogP contribution is -2.48. The lowest BCUT2D eigenvalue weighted by Gasteiger charge is -2.56. The zero-order chi connectivity index (χ0) is 16.5. The summed E-state index contributed by atoms with van der Waals surface area (Å²) in [6, 6.07) is 0. The molecule has 24 heavy (non-hydrogen) atoms. The maximum Gasteiger partial charge on any atom is 0.0490 e. The highest BCUT2D eigenvalue weighted by Crippen LogP contribution is 2.74. The van der Waals surface area contributed by atoms with E-state index < -0.39 is 0 Å². The highest BCUT2D eigenvalue weighted by molar-refractivity contribution is 5.34. The van der Waals surface area contributed by atoms with E-state index in [2.05, 4.69) is 19.9 Å². The maximum absolute atomic E-state index is 5.48. The first-order valence-electron chi connectivity index (χ1n) is 10.8. The number of hydrogen-bond acceptors (Lipinski definition) is 1. The first-order valence-corrected chi connectivity index (χ1v) is 10.8. The molecule has 0 N–H and O–H groups in total. The van der Waals surface area contributed by atoms with Gasteiger partial charge in [-0.05, 0) is 111 Å². The number of hydrogen-bond donors (Lipinski definition) is 0. The van der Waals surface area contributed by atoms with Crippen molar-refractivity contribution in [1.29, 1.82) is 0 Å². The van der Waals surface area contributed by atoms with Crippen molar-refractivity contribution in [2.24, 2.45) is 52.8 Å². The van der Waals surface area contributed by atoms with Crippen LogP contribution in [0.2, 0.25) is 0 Å². The van der Waals surface area contributed by atoms with Gasteiger partial charge in [0.2, 0.25) is 0 Å². The summed E-state index contributed by atoms with van der Waals surface area (Å²) >= 11 is 0. The van der Waals surface area contributed by atoms with Crippen LogP contribution in [0, 0.1) is 52.8 Å². The van der Waals surface area contributed by atoms with Gasteiger partial charge in [0.15, 0.2) is 0 Å². The quantitative estimate of drug-likeness (QED) is 0.590. The summed E-state index contributed by atoms with van der Waals surface area (Å²) in [5, 5.41) is 0. The number of methoxy groups -OCH3 is 1. The van der Waals surface area contributed by atoms with E-state index in [0.717, 1.165) is 54.0 Å². The van der Waals surface area contributed by atoms with Crippen molar-refractivity contribution in [1.82, 2.24) is 0 Å². The van der Waals surface area contributed by atoms with Crippen molar-refractivity contribution in [3.8, 4) is 0 Å². The van der Waals surface area contributed by atoms with Crippen molar-refractivity contribution in [2.75, 3.05) is 13.7 Å². The predicted molar refractivity (Wildman–Crippen MR) is 98.6 cm³/mol. The largest absolute Gasteiger partial charge is 0.384 e. The Morgan fingerprint density at radius 2 is 1.83 bits per heavy atom. The fourth-order valence-electron chi connectivity index (χ4n) is 8.65. The maximum atomic E-state index is 5.48. The second kappa shape index (κ2) is 5.60. The molecule has 1 heteroatoms. The molecule has 0 aromatic heterocycles. The average Bonchev–Trinajstić information content (AvgIpc) is 3.29. The number of fused-ring (bicyclic) bond motifs is 7. The Kier molecular flexibility index (Phi) is 3.71. The topological polar surface area (TPSA) is 9.23 Å². The third kappa shape index (κ3) is 2.09. The second-order valence-corrected chi connectivity index (χ2v) is 10.2. The molecule has 1 nitrogen and oxygen atoms in total. The molecular formula is C23H36O. The summed E-state index contributed by atoms with van der Waals surface area (Å²) in [6.07, 6.45) is 14.6. The summed E-state index contributed by atoms with van der Waals surface area (Å²) in [5.74, 6) is 8.21. The Hall–Kier alpha value is -0.300. The van der Waals surface area contributed by atoms with Gasteiger partial charge in [0.25, 0.3) is 0 Å². The van der Waals surface area contributed by atoms with Crippen molar-refractivity contribution in [3.05, 3.63) is 11.6 Å². The van der Waals surface area contributed by atoms with E-state index >= 15 is 0 Å². The van der Waals surface area contributed by atoms with Gasteiger partial charge in [0.1, 0.15) is 0 Å². The third-order valence-electron chi connectivity index (χ3n) is 9.39. The van der Waals surface area contributed by atoms with E-state index in [1.807, 2.05) is 12.7 Å². The lowest BCUT2D eigenvalue weighted by molar-refractivity contribution is -0.0613. The molecule has 0 bridgehead atoms. The van der Waals surface area contributed by atoms with Gasteiger partial charge in [0.05, 0.1) is 0 Å². The van der Waals surface area contributed by atoms with E-state index in [1.165, 1.54) is 44.9 Å². The van der Waals surface area contributed by atoms with E-state index in [0.29, 0.717) is 5.41 Å². The highest BCUT2D eigenvalue weighted by atomic mass is 16.5. The smallest absolute Gasteiger partial charge is 0.0490 e. The predicted octanol–water partition coefficient (Wildman–Crippen LogP) is 5.70. The van der Waals surface area contributed by atoms with Gasteiger partial charge in [-0.1, -0.05) is 18.6 Å². The Morgan fingerprint density at radius 3 is 2.62 bits per heavy atom. The minimum Gasteiger partial charge on any atom is -0.384 e. The molecule has 5 aliphatic rings. The Labute approximate surface area is 148 Å². The molecule has 5 saturated carbocycles. The molecular weight excluding hydrogens is 292 g/mol. The van der Waals surface area contributed by atoms with Gasteiger partial charge in [-0.2, -0.15) is 0 Å². The minimum absolute atomic E-state index is 0.587. The summed E-state index contributed by atoms with van der Waals surface area (Å²) in [6.45, 7) is 5.97. The summed E-state index contributed by atoms with van der Waals surface area (Å²) in [4.78, 5) is 0. The fraction of sp³-hybridized carbons (Fsp3) is 0.913. The first kappa shape index (κ1) is 15.9. The van der Waals surface area contributed by atoms with Gasteiger partial charge >= 0.3 is 0 Å². The van der Waals surface area contributed by atoms with Crippen molar-refractivity contribution in [2.45, 2.75) is 65.2 Å². The molecule has 0 heterocycles. The van der Waals surface area contributed by atoms with E-state index in [-0.39, 0.29) is 0 Å². The van der Waals surface area contributed by atoms with Crippen LogP contribution in [0.4, 0.5) is 0 Å². The van der Waals surface area contributed by atoms with Gasteiger partial charge in [-0.3, -0.25) is 0 Å². The Bertz CT molecular complexity index is 536. The van der Waals surface area contributed by atoms with Crippen LogP contribution in [0.5, 0.6) is 0 Å². The fourth-order valence-corrected chi connectivity index (χ4v) is 8.65. The van der Waals surface area contributed by atoms with Crippen LogP contribution in [0.3, 0.4) is 0 Å². The Balaban J connectivity index is 1.37. The molecule has 0 spiro atoms. The normalized spacial score (nSPS) is 57.0. The zero-order valence-corrected chi connectivity index (χ0v) is 16.0. The van der Waals surface area contributed by atoms with Crippen LogP contribution in [-0.4, -0.2) is 13.7 Å². The van der Waals surface area contributed by atoms with Gasteiger partial charge in [-0.15, -0.1) is 0 Å². The molecule has 134 valence electrons. The molecule has 0 radical (unpaired) electrons. The monoisotopic (exact) mass is 328 g/mol. The van der Waals surface area contributed by atoms with Gasteiger partial charge in [0, 0.05) is 13.7 Å². The summed E-state index contributed by atoms with van der Waals surface area (Å²) < 4.78 is 5.48. The van der Waals surface area contributed by atoms with Crippen LogP contribution in [0.25, 0.3) is 0 Å². The van der Waals surface area contributed by atoms with E-state index in [4.69, 9.17) is 4.74 Å². The molecule has 0 aromatic rings. The van der Waals surface area contributed by atoms with Crippen LogP contribution in [-0.2, 0) is 4.74 Å². The van der Waals surface area contributed by atoms with Gasteiger partial charge < -0.3 is 4.74 Å². The van der Waals surface area contributed by atoms with Crippen molar-refractivity contribution in [3.63, 3.8) is 0 Å². The first-order chi connectivity index (χ1) is 11.7. The number of allylic oxidation sites excluding steroid dienone is 2. The highest BCUT2D eigenvalue weighted by Gasteiger charge is 2.66. The molecule has 9 atom stereocenters. The van der Waals surface area contributed by atoms with E-state index in [9.17, 15) is 0 Å². The number of ether oxygens (including phenoxy) is 1. The SMILES string of the molecule is C/C=C1/C2CC2C2C3CCC4CC(COC)CCC4C3CCC12C. The summed E-state index contributed by atoms with van der Waals surface area (Å²) in [7, 11) is 1.88. The molecule has 5 rings (SSSR count). The molecule has 9 unspecified atom stereocenters. The van der Waals surface area contributed by atoms with E-state index in [1.54, 1.807) is 6.42 Å².